The Morgan fingerprint density at radius 1 is 1.67 bits per heavy atom. The van der Waals surface area contributed by atoms with Gasteiger partial charge in [-0.3, -0.25) is 4.68 Å². The van der Waals surface area contributed by atoms with E-state index in [1.807, 2.05) is 11.6 Å². The lowest BCUT2D eigenvalue weighted by Gasteiger charge is -2.12. The predicted octanol–water partition coefficient (Wildman–Crippen LogP) is 1.47. The molecule has 15 heavy (non-hydrogen) atoms. The van der Waals surface area contributed by atoms with Gasteiger partial charge in [-0.15, -0.1) is 0 Å². The zero-order chi connectivity index (χ0) is 11.3. The topological polar surface area (TPSA) is 39.1 Å². The molecule has 0 saturated carbocycles. The van der Waals surface area contributed by atoms with E-state index in [1.165, 1.54) is 0 Å². The van der Waals surface area contributed by atoms with E-state index < -0.39 is 0 Å². The van der Waals surface area contributed by atoms with Crippen molar-refractivity contribution in [3.8, 4) is 0 Å². The molecule has 1 unspecified atom stereocenters. The number of hydrogen-bond acceptors (Lipinski definition) is 3. The molecule has 1 aromatic heterocycles. The van der Waals surface area contributed by atoms with Crippen LogP contribution in [0.4, 0.5) is 0 Å². The molecule has 0 amide bonds. The van der Waals surface area contributed by atoms with Gasteiger partial charge in [0.15, 0.2) is 0 Å². The van der Waals surface area contributed by atoms with Gasteiger partial charge in [0.1, 0.15) is 0 Å². The second kappa shape index (κ2) is 6.10. The van der Waals surface area contributed by atoms with Gasteiger partial charge < -0.3 is 10.1 Å². The van der Waals surface area contributed by atoms with Crippen molar-refractivity contribution in [2.75, 3.05) is 20.3 Å². The van der Waals surface area contributed by atoms with Crippen molar-refractivity contribution < 1.29 is 4.74 Å². The highest BCUT2D eigenvalue weighted by Crippen LogP contribution is 2.12. The summed E-state index contributed by atoms with van der Waals surface area (Å²) in [6.07, 6.45) is 1.68. The Labute approximate surface area is 95.6 Å². The largest absolute Gasteiger partial charge is 0.383 e. The highest BCUT2D eigenvalue weighted by molar-refractivity contribution is 6.31. The van der Waals surface area contributed by atoms with Crippen LogP contribution in [0, 0.1) is 6.92 Å². The normalized spacial score (nSPS) is 13.1. The van der Waals surface area contributed by atoms with Crippen molar-refractivity contribution >= 4 is 11.6 Å². The van der Waals surface area contributed by atoms with Crippen molar-refractivity contribution in [3.05, 3.63) is 16.9 Å². The van der Waals surface area contributed by atoms with Crippen LogP contribution < -0.4 is 5.32 Å². The molecule has 4 nitrogen and oxygen atoms in total. The van der Waals surface area contributed by atoms with Gasteiger partial charge in [-0.05, 0) is 13.8 Å². The summed E-state index contributed by atoms with van der Waals surface area (Å²) in [4.78, 5) is 0. The Hall–Kier alpha value is -0.580. The monoisotopic (exact) mass is 231 g/mol. The molecule has 1 aromatic rings. The molecular formula is C10H18ClN3O. The minimum atomic E-state index is 0.362. The van der Waals surface area contributed by atoms with Gasteiger partial charge in [0.2, 0.25) is 0 Å². The van der Waals surface area contributed by atoms with Crippen molar-refractivity contribution in [1.29, 1.82) is 0 Å². The molecule has 0 radical (unpaired) electrons. The van der Waals surface area contributed by atoms with Crippen LogP contribution in [0.3, 0.4) is 0 Å². The third-order valence-electron chi connectivity index (χ3n) is 2.28. The molecule has 0 aromatic carbocycles. The molecule has 1 N–H and O–H groups in total. The second-order valence-corrected chi connectivity index (χ2v) is 4.02. The molecule has 0 aliphatic heterocycles. The van der Waals surface area contributed by atoms with E-state index in [1.54, 1.807) is 13.3 Å². The van der Waals surface area contributed by atoms with Gasteiger partial charge in [0, 0.05) is 19.7 Å². The molecule has 1 heterocycles. The van der Waals surface area contributed by atoms with E-state index in [4.69, 9.17) is 16.3 Å². The maximum atomic E-state index is 5.90. The lowest BCUT2D eigenvalue weighted by Crippen LogP contribution is -2.33. The minimum Gasteiger partial charge on any atom is -0.383 e. The number of aromatic nitrogens is 2. The average Bonchev–Trinajstić information content (AvgIpc) is 2.50. The maximum absolute atomic E-state index is 5.90. The zero-order valence-corrected chi connectivity index (χ0v) is 10.2. The minimum absolute atomic E-state index is 0.362. The molecule has 0 spiro atoms. The fourth-order valence-corrected chi connectivity index (χ4v) is 1.52. The molecule has 1 atom stereocenters. The van der Waals surface area contributed by atoms with Crippen LogP contribution >= 0.6 is 11.6 Å². The number of nitrogens with zero attached hydrogens (tertiary/aromatic N) is 2. The SMILES string of the molecule is COCC(C)NCCn1ncc(Cl)c1C. The van der Waals surface area contributed by atoms with E-state index in [0.29, 0.717) is 6.04 Å². The predicted molar refractivity (Wildman–Crippen MR) is 61.3 cm³/mol. The molecule has 0 aliphatic carbocycles. The first kappa shape index (κ1) is 12.5. The van der Waals surface area contributed by atoms with Crippen LogP contribution in [0.15, 0.2) is 6.20 Å². The number of nitrogens with one attached hydrogen (secondary N) is 1. The summed E-state index contributed by atoms with van der Waals surface area (Å²) in [6, 6.07) is 0.362. The third-order valence-corrected chi connectivity index (χ3v) is 2.65. The molecule has 5 heteroatoms. The van der Waals surface area contributed by atoms with E-state index >= 15 is 0 Å². The highest BCUT2D eigenvalue weighted by Gasteiger charge is 2.04. The number of hydrogen-bond donors (Lipinski definition) is 1. The van der Waals surface area contributed by atoms with Crippen molar-refractivity contribution in [1.82, 2.24) is 15.1 Å². The quantitative estimate of drug-likeness (QED) is 0.806. The Morgan fingerprint density at radius 3 is 2.93 bits per heavy atom. The molecular weight excluding hydrogens is 214 g/mol. The first-order valence-corrected chi connectivity index (χ1v) is 5.43. The Kier molecular flexibility index (Phi) is 5.08. The van der Waals surface area contributed by atoms with Gasteiger partial charge in [0.25, 0.3) is 0 Å². The summed E-state index contributed by atoms with van der Waals surface area (Å²) in [6.45, 7) is 6.47. The first-order valence-electron chi connectivity index (χ1n) is 5.05. The molecule has 0 aliphatic rings. The second-order valence-electron chi connectivity index (χ2n) is 3.61. The van der Waals surface area contributed by atoms with E-state index in [0.717, 1.165) is 30.4 Å². The number of halogens is 1. The third kappa shape index (κ3) is 3.81. The molecule has 0 saturated heterocycles. The van der Waals surface area contributed by atoms with Gasteiger partial charge in [-0.1, -0.05) is 11.6 Å². The summed E-state index contributed by atoms with van der Waals surface area (Å²) in [5.41, 5.74) is 1.01. The Bertz CT molecular complexity index is 301. The molecule has 86 valence electrons. The molecule has 1 rings (SSSR count). The van der Waals surface area contributed by atoms with Crippen molar-refractivity contribution in [2.45, 2.75) is 26.4 Å². The van der Waals surface area contributed by atoms with E-state index in [-0.39, 0.29) is 0 Å². The summed E-state index contributed by atoms with van der Waals surface area (Å²) in [5, 5.41) is 8.23. The zero-order valence-electron chi connectivity index (χ0n) is 9.46. The molecule has 0 fully saturated rings. The van der Waals surface area contributed by atoms with Crippen LogP contribution in [-0.4, -0.2) is 36.1 Å². The summed E-state index contributed by atoms with van der Waals surface area (Å²) in [5.74, 6) is 0. The van der Waals surface area contributed by atoms with Crippen LogP contribution in [0.25, 0.3) is 0 Å². The number of methoxy groups -OCH3 is 1. The van der Waals surface area contributed by atoms with Gasteiger partial charge in [-0.2, -0.15) is 5.10 Å². The maximum Gasteiger partial charge on any atom is 0.0814 e. The Morgan fingerprint density at radius 2 is 2.40 bits per heavy atom. The van der Waals surface area contributed by atoms with Crippen LogP contribution in [0.5, 0.6) is 0 Å². The fourth-order valence-electron chi connectivity index (χ4n) is 1.37. The Balaban J connectivity index is 2.29. The lowest BCUT2D eigenvalue weighted by molar-refractivity contribution is 0.171. The smallest absolute Gasteiger partial charge is 0.0814 e. The van der Waals surface area contributed by atoms with Crippen LogP contribution in [0.2, 0.25) is 5.02 Å². The van der Waals surface area contributed by atoms with E-state index in [9.17, 15) is 0 Å². The van der Waals surface area contributed by atoms with Crippen molar-refractivity contribution in [2.24, 2.45) is 0 Å². The van der Waals surface area contributed by atoms with Crippen LogP contribution in [-0.2, 0) is 11.3 Å². The highest BCUT2D eigenvalue weighted by atomic mass is 35.5. The average molecular weight is 232 g/mol. The number of rotatable bonds is 6. The number of ether oxygens (including phenoxy) is 1. The lowest BCUT2D eigenvalue weighted by atomic mass is 10.3. The van der Waals surface area contributed by atoms with Crippen LogP contribution in [0.1, 0.15) is 12.6 Å². The van der Waals surface area contributed by atoms with E-state index in [2.05, 4.69) is 17.3 Å². The first-order chi connectivity index (χ1) is 7.15. The van der Waals surface area contributed by atoms with Gasteiger partial charge in [-0.25, -0.2) is 0 Å². The standard InChI is InChI=1S/C10H18ClN3O/c1-8(7-15-3)12-4-5-14-9(2)10(11)6-13-14/h6,8,12H,4-5,7H2,1-3H3. The summed E-state index contributed by atoms with van der Waals surface area (Å²) in [7, 11) is 1.70. The van der Waals surface area contributed by atoms with Crippen molar-refractivity contribution in [3.63, 3.8) is 0 Å². The fraction of sp³-hybridized carbons (Fsp3) is 0.700. The summed E-state index contributed by atoms with van der Waals surface area (Å²) < 4.78 is 6.93. The van der Waals surface area contributed by atoms with Gasteiger partial charge in [0.05, 0.1) is 30.1 Å². The van der Waals surface area contributed by atoms with Gasteiger partial charge >= 0.3 is 0 Å². The molecule has 0 bridgehead atoms. The summed E-state index contributed by atoms with van der Waals surface area (Å²) >= 11 is 5.90.